The van der Waals surface area contributed by atoms with Crippen LogP contribution in [-0.2, 0) is 0 Å². The number of hydrogen-bond acceptors (Lipinski definition) is 4. The first-order chi connectivity index (χ1) is 11.8. The van der Waals surface area contributed by atoms with Gasteiger partial charge >= 0.3 is 0 Å². The molecule has 25 heavy (non-hydrogen) atoms. The molecule has 0 heterocycles. The topological polar surface area (TPSA) is 55.8 Å². The van der Waals surface area contributed by atoms with Gasteiger partial charge in [0.2, 0.25) is 0 Å². The SMILES string of the molecule is CCCCOc1ccc(C(=O)c2ccc(OC(C)(C)C)cc2O)cc1. The Bertz CT molecular complexity index is 712. The van der Waals surface area contributed by atoms with Gasteiger partial charge in [0, 0.05) is 11.6 Å². The third kappa shape index (κ3) is 5.52. The van der Waals surface area contributed by atoms with E-state index >= 15 is 0 Å². The Hall–Kier alpha value is -2.49. The van der Waals surface area contributed by atoms with E-state index in [-0.39, 0.29) is 22.7 Å². The number of ether oxygens (including phenoxy) is 2. The average molecular weight is 342 g/mol. The molecule has 0 atom stereocenters. The summed E-state index contributed by atoms with van der Waals surface area (Å²) >= 11 is 0. The molecule has 0 aliphatic carbocycles. The average Bonchev–Trinajstić information content (AvgIpc) is 2.54. The van der Waals surface area contributed by atoms with Crippen molar-refractivity contribution < 1.29 is 19.4 Å². The minimum atomic E-state index is -0.369. The van der Waals surface area contributed by atoms with E-state index in [2.05, 4.69) is 6.92 Å². The molecule has 2 aromatic rings. The zero-order chi connectivity index (χ0) is 18.4. The van der Waals surface area contributed by atoms with Gasteiger partial charge in [0.1, 0.15) is 22.8 Å². The second-order valence-corrected chi connectivity index (χ2v) is 6.95. The second-order valence-electron chi connectivity index (χ2n) is 6.95. The Kier molecular flexibility index (Phi) is 6.07. The van der Waals surface area contributed by atoms with Gasteiger partial charge in [-0.05, 0) is 63.6 Å². The van der Waals surface area contributed by atoms with E-state index in [1.807, 2.05) is 20.8 Å². The molecule has 4 heteroatoms. The van der Waals surface area contributed by atoms with Gasteiger partial charge in [-0.3, -0.25) is 4.79 Å². The van der Waals surface area contributed by atoms with Gasteiger partial charge in [0.15, 0.2) is 5.78 Å². The van der Waals surface area contributed by atoms with Crippen LogP contribution in [0, 0.1) is 0 Å². The number of phenols is 1. The third-order valence-electron chi connectivity index (χ3n) is 3.52. The van der Waals surface area contributed by atoms with Crippen LogP contribution >= 0.6 is 0 Å². The molecule has 1 N–H and O–H groups in total. The standard InChI is InChI=1S/C21H26O4/c1-5-6-13-24-16-9-7-15(8-10-16)20(23)18-12-11-17(14-19(18)22)25-21(2,3)4/h7-12,14,22H,5-6,13H2,1-4H3. The van der Waals surface area contributed by atoms with Gasteiger partial charge in [0.05, 0.1) is 12.2 Å². The smallest absolute Gasteiger partial charge is 0.196 e. The molecule has 0 amide bonds. The van der Waals surface area contributed by atoms with E-state index in [0.29, 0.717) is 17.9 Å². The summed E-state index contributed by atoms with van der Waals surface area (Å²) in [6, 6.07) is 11.7. The van der Waals surface area contributed by atoms with Gasteiger partial charge < -0.3 is 14.6 Å². The largest absolute Gasteiger partial charge is 0.507 e. The Balaban J connectivity index is 2.12. The van der Waals surface area contributed by atoms with Gasteiger partial charge in [-0.1, -0.05) is 13.3 Å². The van der Waals surface area contributed by atoms with E-state index in [1.165, 1.54) is 6.07 Å². The second kappa shape index (κ2) is 8.06. The highest BCUT2D eigenvalue weighted by Gasteiger charge is 2.17. The highest BCUT2D eigenvalue weighted by Crippen LogP contribution is 2.28. The van der Waals surface area contributed by atoms with Crippen molar-refractivity contribution >= 4 is 5.78 Å². The number of benzene rings is 2. The quantitative estimate of drug-likeness (QED) is 0.569. The van der Waals surface area contributed by atoms with Crippen molar-refractivity contribution in [2.75, 3.05) is 6.61 Å². The predicted octanol–water partition coefficient (Wildman–Crippen LogP) is 4.98. The van der Waals surface area contributed by atoms with Gasteiger partial charge in [-0.15, -0.1) is 0 Å². The zero-order valence-corrected chi connectivity index (χ0v) is 15.3. The van der Waals surface area contributed by atoms with E-state index in [9.17, 15) is 9.90 Å². The molecular weight excluding hydrogens is 316 g/mol. The summed E-state index contributed by atoms with van der Waals surface area (Å²) in [5.74, 6) is 0.944. The molecule has 0 radical (unpaired) electrons. The third-order valence-corrected chi connectivity index (χ3v) is 3.52. The van der Waals surface area contributed by atoms with Crippen LogP contribution in [0.1, 0.15) is 56.5 Å². The monoisotopic (exact) mass is 342 g/mol. The first-order valence-corrected chi connectivity index (χ1v) is 8.60. The number of carbonyl (C=O) groups excluding carboxylic acids is 1. The van der Waals surface area contributed by atoms with Gasteiger partial charge in [-0.2, -0.15) is 0 Å². The van der Waals surface area contributed by atoms with Crippen molar-refractivity contribution in [2.24, 2.45) is 0 Å². The van der Waals surface area contributed by atoms with E-state index in [0.717, 1.165) is 18.6 Å². The summed E-state index contributed by atoms with van der Waals surface area (Å²) in [6.07, 6.45) is 2.07. The highest BCUT2D eigenvalue weighted by molar-refractivity contribution is 6.10. The van der Waals surface area contributed by atoms with Crippen LogP contribution < -0.4 is 9.47 Å². The number of carbonyl (C=O) groups is 1. The molecule has 2 aromatic carbocycles. The highest BCUT2D eigenvalue weighted by atomic mass is 16.5. The van der Waals surface area contributed by atoms with Crippen molar-refractivity contribution in [1.29, 1.82) is 0 Å². The molecule has 2 rings (SSSR count). The normalized spacial score (nSPS) is 11.2. The number of rotatable bonds is 7. The Morgan fingerprint density at radius 1 is 1.04 bits per heavy atom. The van der Waals surface area contributed by atoms with Crippen molar-refractivity contribution in [1.82, 2.24) is 0 Å². The van der Waals surface area contributed by atoms with Crippen molar-refractivity contribution in [2.45, 2.75) is 46.1 Å². The van der Waals surface area contributed by atoms with Crippen LogP contribution in [0.4, 0.5) is 0 Å². The Morgan fingerprint density at radius 3 is 2.24 bits per heavy atom. The molecule has 4 nitrogen and oxygen atoms in total. The number of ketones is 1. The molecule has 0 aliphatic rings. The van der Waals surface area contributed by atoms with Crippen LogP contribution in [-0.4, -0.2) is 23.1 Å². The minimum absolute atomic E-state index is 0.0879. The summed E-state index contributed by atoms with van der Waals surface area (Å²) in [4.78, 5) is 12.6. The van der Waals surface area contributed by atoms with Crippen LogP contribution in [0.25, 0.3) is 0 Å². The summed E-state index contributed by atoms with van der Waals surface area (Å²) in [5.41, 5.74) is 0.384. The van der Waals surface area contributed by atoms with E-state index in [1.54, 1.807) is 36.4 Å². The van der Waals surface area contributed by atoms with Crippen molar-refractivity contribution in [3.63, 3.8) is 0 Å². The number of phenolic OH excluding ortho intramolecular Hbond substituents is 1. The van der Waals surface area contributed by atoms with Crippen LogP contribution in [0.3, 0.4) is 0 Å². The molecule has 0 spiro atoms. The lowest BCUT2D eigenvalue weighted by molar-refractivity contribution is 0.103. The maximum Gasteiger partial charge on any atom is 0.196 e. The molecule has 0 bridgehead atoms. The zero-order valence-electron chi connectivity index (χ0n) is 15.3. The fourth-order valence-electron chi connectivity index (χ4n) is 2.31. The number of hydrogen-bond donors (Lipinski definition) is 1. The lowest BCUT2D eigenvalue weighted by Gasteiger charge is -2.21. The molecule has 0 fully saturated rings. The minimum Gasteiger partial charge on any atom is -0.507 e. The van der Waals surface area contributed by atoms with E-state index < -0.39 is 0 Å². The first-order valence-electron chi connectivity index (χ1n) is 8.60. The molecule has 0 aromatic heterocycles. The fraction of sp³-hybridized carbons (Fsp3) is 0.381. The maximum absolute atomic E-state index is 12.6. The fourth-order valence-corrected chi connectivity index (χ4v) is 2.31. The molecule has 0 saturated heterocycles. The summed E-state index contributed by atoms with van der Waals surface area (Å²) in [5, 5.41) is 10.2. The Morgan fingerprint density at radius 2 is 1.68 bits per heavy atom. The lowest BCUT2D eigenvalue weighted by Crippen LogP contribution is -2.22. The molecule has 0 aliphatic heterocycles. The first kappa shape index (κ1) is 18.8. The van der Waals surface area contributed by atoms with Crippen LogP contribution in [0.5, 0.6) is 17.2 Å². The van der Waals surface area contributed by atoms with Crippen LogP contribution in [0.2, 0.25) is 0 Å². The summed E-state index contributed by atoms with van der Waals surface area (Å²) in [7, 11) is 0. The molecule has 0 saturated carbocycles. The lowest BCUT2D eigenvalue weighted by atomic mass is 10.0. The maximum atomic E-state index is 12.6. The Labute approximate surface area is 149 Å². The number of unbranched alkanes of at least 4 members (excludes halogenated alkanes) is 1. The van der Waals surface area contributed by atoms with E-state index in [4.69, 9.17) is 9.47 Å². The summed E-state index contributed by atoms with van der Waals surface area (Å²) < 4.78 is 11.3. The molecular formula is C21H26O4. The summed E-state index contributed by atoms with van der Waals surface area (Å²) in [6.45, 7) is 8.54. The van der Waals surface area contributed by atoms with Crippen molar-refractivity contribution in [3.8, 4) is 17.2 Å². The van der Waals surface area contributed by atoms with Crippen molar-refractivity contribution in [3.05, 3.63) is 53.6 Å². The van der Waals surface area contributed by atoms with Gasteiger partial charge in [0.25, 0.3) is 0 Å². The van der Waals surface area contributed by atoms with Crippen LogP contribution in [0.15, 0.2) is 42.5 Å². The number of aromatic hydroxyl groups is 1. The van der Waals surface area contributed by atoms with Gasteiger partial charge in [-0.25, -0.2) is 0 Å². The predicted molar refractivity (Wildman–Crippen MR) is 98.8 cm³/mol. The molecule has 0 unspecified atom stereocenters. The molecule has 134 valence electrons.